The number of β-amino-alcohol motifs (C(OH)–C–C–N with tert-alkyl or cyclic N) is 1. The minimum Gasteiger partial charge on any atom is -0.496 e. The highest BCUT2D eigenvalue weighted by molar-refractivity contribution is 5.97. The maximum absolute atomic E-state index is 13.4. The van der Waals surface area contributed by atoms with Crippen molar-refractivity contribution in [2.75, 3.05) is 46.5 Å². The van der Waals surface area contributed by atoms with Gasteiger partial charge in [0.2, 0.25) is 0 Å². The topological polar surface area (TPSA) is 84.6 Å². The number of hydrogen-bond acceptors (Lipinski definition) is 7. The smallest absolute Gasteiger partial charge is 0.257 e. The Kier molecular flexibility index (Phi) is 9.75. The Labute approximate surface area is 196 Å². The Hall–Kier alpha value is -2.39. The average molecular weight is 461 g/mol. The summed E-state index contributed by atoms with van der Waals surface area (Å²) in [5.41, 5.74) is 0.553. The van der Waals surface area contributed by atoms with E-state index in [-0.39, 0.29) is 24.7 Å². The van der Waals surface area contributed by atoms with Crippen LogP contribution in [-0.2, 0) is 16.1 Å². The highest BCUT2D eigenvalue weighted by Gasteiger charge is 2.29. The van der Waals surface area contributed by atoms with Gasteiger partial charge < -0.3 is 28.6 Å². The van der Waals surface area contributed by atoms with Gasteiger partial charge in [0.05, 0.1) is 44.4 Å². The summed E-state index contributed by atoms with van der Waals surface area (Å²) in [5.74, 6) is 1.24. The van der Waals surface area contributed by atoms with Crippen LogP contribution < -0.4 is 4.74 Å². The van der Waals surface area contributed by atoms with Crippen molar-refractivity contribution >= 4 is 5.91 Å². The summed E-state index contributed by atoms with van der Waals surface area (Å²) < 4.78 is 22.2. The third kappa shape index (κ3) is 7.30. The van der Waals surface area contributed by atoms with Crippen LogP contribution in [0, 0.1) is 0 Å². The molecule has 0 aliphatic carbocycles. The number of carbonyl (C=O) groups excluding carboxylic acids is 1. The second kappa shape index (κ2) is 12.7. The molecule has 1 amide bonds. The number of morpholine rings is 1. The number of amides is 1. The van der Waals surface area contributed by atoms with Crippen LogP contribution in [0.25, 0.3) is 0 Å². The predicted molar refractivity (Wildman–Crippen MR) is 124 cm³/mol. The molecule has 0 saturated carbocycles. The molecule has 1 fully saturated rings. The number of aliphatic hydroxyl groups excluding tert-OH is 1. The van der Waals surface area contributed by atoms with Crippen LogP contribution in [0.5, 0.6) is 5.75 Å². The number of carbonyl (C=O) groups is 1. The summed E-state index contributed by atoms with van der Waals surface area (Å²) >= 11 is 0. The molecule has 1 aromatic heterocycles. The molecule has 0 bridgehead atoms. The molecule has 33 heavy (non-hydrogen) atoms. The van der Waals surface area contributed by atoms with Crippen LogP contribution in [0.3, 0.4) is 0 Å². The Bertz CT molecular complexity index is 843. The summed E-state index contributed by atoms with van der Waals surface area (Å²) in [4.78, 5) is 17.4. The summed E-state index contributed by atoms with van der Waals surface area (Å²) in [6, 6.07) is 11.0. The minimum absolute atomic E-state index is 0.0574. The van der Waals surface area contributed by atoms with Gasteiger partial charge in [-0.05, 0) is 37.6 Å². The van der Waals surface area contributed by atoms with Gasteiger partial charge in [0.25, 0.3) is 5.91 Å². The number of methoxy groups -OCH3 is 1. The zero-order valence-electron chi connectivity index (χ0n) is 19.8. The molecule has 0 radical (unpaired) electrons. The first-order valence-corrected chi connectivity index (χ1v) is 11.6. The Morgan fingerprint density at radius 2 is 2.12 bits per heavy atom. The largest absolute Gasteiger partial charge is 0.496 e. The van der Waals surface area contributed by atoms with E-state index in [1.54, 1.807) is 25.5 Å². The molecule has 1 aliphatic rings. The molecule has 1 aliphatic heterocycles. The maximum atomic E-state index is 13.4. The summed E-state index contributed by atoms with van der Waals surface area (Å²) in [6.45, 7) is 7.58. The molecule has 0 unspecified atom stereocenters. The lowest BCUT2D eigenvalue weighted by Crippen LogP contribution is -2.52. The Morgan fingerprint density at radius 3 is 2.85 bits per heavy atom. The van der Waals surface area contributed by atoms with E-state index in [0.717, 1.165) is 18.7 Å². The van der Waals surface area contributed by atoms with Crippen molar-refractivity contribution in [2.24, 2.45) is 0 Å². The number of benzene rings is 1. The number of aliphatic hydroxyl groups is 1. The third-order valence-electron chi connectivity index (χ3n) is 5.95. The first kappa shape index (κ1) is 25.2. The van der Waals surface area contributed by atoms with Crippen molar-refractivity contribution in [2.45, 2.75) is 45.1 Å². The minimum atomic E-state index is -0.611. The molecule has 8 heteroatoms. The van der Waals surface area contributed by atoms with Crippen LogP contribution in [-0.4, -0.2) is 85.6 Å². The van der Waals surface area contributed by atoms with Gasteiger partial charge >= 0.3 is 0 Å². The zero-order valence-corrected chi connectivity index (χ0v) is 19.8. The van der Waals surface area contributed by atoms with Crippen molar-refractivity contribution < 1.29 is 28.5 Å². The van der Waals surface area contributed by atoms with Gasteiger partial charge in [0.1, 0.15) is 18.1 Å². The van der Waals surface area contributed by atoms with E-state index in [9.17, 15) is 9.90 Å². The maximum Gasteiger partial charge on any atom is 0.257 e. The van der Waals surface area contributed by atoms with Crippen molar-refractivity contribution in [3.8, 4) is 5.75 Å². The Balaban J connectivity index is 1.55. The fourth-order valence-electron chi connectivity index (χ4n) is 3.98. The van der Waals surface area contributed by atoms with Gasteiger partial charge in [-0.1, -0.05) is 19.1 Å². The van der Waals surface area contributed by atoms with E-state index in [0.29, 0.717) is 44.2 Å². The second-order valence-electron chi connectivity index (χ2n) is 8.42. The van der Waals surface area contributed by atoms with E-state index in [2.05, 4.69) is 11.8 Å². The monoisotopic (exact) mass is 460 g/mol. The van der Waals surface area contributed by atoms with Crippen molar-refractivity contribution in [1.29, 1.82) is 0 Å². The third-order valence-corrected chi connectivity index (χ3v) is 5.95. The number of para-hydroxylation sites is 1. The Morgan fingerprint density at radius 1 is 1.30 bits per heavy atom. The summed E-state index contributed by atoms with van der Waals surface area (Å²) in [7, 11) is 1.57. The number of hydrogen-bond donors (Lipinski definition) is 1. The fraction of sp³-hybridized carbons (Fsp3) is 0.560. The second-order valence-corrected chi connectivity index (χ2v) is 8.42. The molecule has 1 N–H and O–H groups in total. The first-order valence-electron chi connectivity index (χ1n) is 11.6. The van der Waals surface area contributed by atoms with Crippen LogP contribution >= 0.6 is 0 Å². The van der Waals surface area contributed by atoms with E-state index >= 15 is 0 Å². The van der Waals surface area contributed by atoms with E-state index in [4.69, 9.17) is 18.6 Å². The molecule has 2 heterocycles. The van der Waals surface area contributed by atoms with Crippen molar-refractivity contribution in [1.82, 2.24) is 9.80 Å². The normalized spacial score (nSPS) is 18.6. The molecule has 1 aromatic carbocycles. The lowest BCUT2D eigenvalue weighted by atomic mass is 10.1. The molecular weight excluding hydrogens is 424 g/mol. The standard InChI is InChI=1S/C25H36N2O6/c1-4-19(2)27(25(29)23-9-5-6-10-24(23)30-3)16-22-15-26(11-13-33-22)14-20(28)17-31-18-21-8-7-12-32-21/h5-10,12,19-20,22,28H,4,11,13-18H2,1-3H3/t19-,20+,22-/m0/s1. The van der Waals surface area contributed by atoms with Crippen molar-refractivity contribution in [3.05, 3.63) is 54.0 Å². The van der Waals surface area contributed by atoms with Crippen LogP contribution in [0.2, 0.25) is 0 Å². The van der Waals surface area contributed by atoms with Gasteiger partial charge in [-0.15, -0.1) is 0 Å². The fourth-order valence-corrected chi connectivity index (χ4v) is 3.98. The number of nitrogens with zero attached hydrogens (tertiary/aromatic N) is 2. The number of furan rings is 1. The predicted octanol–water partition coefficient (Wildman–Crippen LogP) is 2.81. The van der Waals surface area contributed by atoms with E-state index in [1.165, 1.54) is 0 Å². The molecule has 3 rings (SSSR count). The van der Waals surface area contributed by atoms with Gasteiger partial charge in [-0.2, -0.15) is 0 Å². The van der Waals surface area contributed by atoms with E-state index in [1.807, 2.05) is 36.1 Å². The molecule has 1 saturated heterocycles. The van der Waals surface area contributed by atoms with Gasteiger partial charge in [-0.25, -0.2) is 0 Å². The summed E-state index contributed by atoms with van der Waals surface area (Å²) in [5, 5.41) is 10.4. The first-order chi connectivity index (χ1) is 16.0. The van der Waals surface area contributed by atoms with E-state index < -0.39 is 6.10 Å². The SMILES string of the molecule is CC[C@H](C)N(C[C@@H]1CN(C[C@@H](O)COCc2ccco2)CCO1)C(=O)c1ccccc1OC. The van der Waals surface area contributed by atoms with Crippen molar-refractivity contribution in [3.63, 3.8) is 0 Å². The van der Waals surface area contributed by atoms with Gasteiger partial charge in [-0.3, -0.25) is 9.69 Å². The number of rotatable bonds is 12. The van der Waals surface area contributed by atoms with Gasteiger partial charge in [0.15, 0.2) is 0 Å². The van der Waals surface area contributed by atoms with Gasteiger partial charge in [0, 0.05) is 32.2 Å². The number of ether oxygens (including phenoxy) is 3. The van der Waals surface area contributed by atoms with Crippen LogP contribution in [0.4, 0.5) is 0 Å². The average Bonchev–Trinajstić information content (AvgIpc) is 3.35. The lowest BCUT2D eigenvalue weighted by molar-refractivity contribution is -0.0626. The molecule has 8 nitrogen and oxygen atoms in total. The zero-order chi connectivity index (χ0) is 23.6. The highest BCUT2D eigenvalue weighted by Crippen LogP contribution is 2.22. The van der Waals surface area contributed by atoms with Crippen LogP contribution in [0.1, 0.15) is 36.4 Å². The van der Waals surface area contributed by atoms with Crippen LogP contribution in [0.15, 0.2) is 47.1 Å². The molecule has 182 valence electrons. The molecule has 2 aromatic rings. The lowest BCUT2D eigenvalue weighted by Gasteiger charge is -2.38. The summed E-state index contributed by atoms with van der Waals surface area (Å²) in [6.07, 6.45) is 1.69. The quantitative estimate of drug-likeness (QED) is 0.521. The highest BCUT2D eigenvalue weighted by atomic mass is 16.5. The molecule has 3 atom stereocenters. The molecule has 0 spiro atoms. The molecular formula is C25H36N2O6.